The summed E-state index contributed by atoms with van der Waals surface area (Å²) in [6, 6.07) is 12.8. The van der Waals surface area contributed by atoms with Crippen LogP contribution >= 0.6 is 22.9 Å². The Bertz CT molecular complexity index is 1300. The molecule has 0 saturated carbocycles. The van der Waals surface area contributed by atoms with Gasteiger partial charge in [-0.2, -0.15) is 0 Å². The Balaban J connectivity index is 1.29. The number of hydrogen-bond acceptors (Lipinski definition) is 5. The van der Waals surface area contributed by atoms with Gasteiger partial charge in [0.15, 0.2) is 5.13 Å². The van der Waals surface area contributed by atoms with Gasteiger partial charge in [0.25, 0.3) is 0 Å². The van der Waals surface area contributed by atoms with Crippen molar-refractivity contribution in [1.29, 1.82) is 0 Å². The second-order valence-electron chi connectivity index (χ2n) is 7.03. The molecule has 1 fully saturated rings. The number of nitrogens with one attached hydrogen (secondary N) is 3. The number of rotatable bonds is 5. The predicted molar refractivity (Wildman–Crippen MR) is 122 cm³/mol. The number of imidazole rings is 1. The molecule has 1 saturated heterocycles. The predicted octanol–water partition coefficient (Wildman–Crippen LogP) is 4.05. The van der Waals surface area contributed by atoms with E-state index in [0.717, 1.165) is 16.6 Å². The number of hydrogen-bond donors (Lipinski definition) is 3. The van der Waals surface area contributed by atoms with Crippen LogP contribution in [0.5, 0.6) is 0 Å². The molecule has 8 nitrogen and oxygen atoms in total. The third-order valence-corrected chi connectivity index (χ3v) is 6.11. The van der Waals surface area contributed by atoms with Gasteiger partial charge in [-0.1, -0.05) is 23.7 Å². The summed E-state index contributed by atoms with van der Waals surface area (Å²) in [5, 5.41) is 8.64. The van der Waals surface area contributed by atoms with E-state index in [0.29, 0.717) is 40.4 Å². The Morgan fingerprint density at radius 2 is 2.10 bits per heavy atom. The Morgan fingerprint density at radius 1 is 1.23 bits per heavy atom. The molecule has 3 N–H and O–H groups in total. The summed E-state index contributed by atoms with van der Waals surface area (Å²) in [6.07, 6.45) is 0.123. The molecule has 1 aliphatic heterocycles. The van der Waals surface area contributed by atoms with Crippen LogP contribution in [0.25, 0.3) is 22.4 Å². The molecule has 0 unspecified atom stereocenters. The van der Waals surface area contributed by atoms with Crippen molar-refractivity contribution in [2.45, 2.75) is 6.42 Å². The lowest BCUT2D eigenvalue weighted by molar-refractivity contribution is -0.115. The van der Waals surface area contributed by atoms with Crippen molar-refractivity contribution >= 4 is 56.7 Å². The van der Waals surface area contributed by atoms with Gasteiger partial charge in [-0.3, -0.25) is 9.69 Å². The van der Waals surface area contributed by atoms with Crippen LogP contribution in [0.1, 0.15) is 5.69 Å². The van der Waals surface area contributed by atoms with Crippen LogP contribution < -0.4 is 15.5 Å². The van der Waals surface area contributed by atoms with Crippen molar-refractivity contribution in [3.05, 3.63) is 58.6 Å². The van der Waals surface area contributed by atoms with E-state index in [2.05, 4.69) is 25.6 Å². The summed E-state index contributed by atoms with van der Waals surface area (Å²) in [5.74, 6) is 0.484. The third-order valence-electron chi connectivity index (χ3n) is 4.86. The highest BCUT2D eigenvalue weighted by molar-refractivity contribution is 7.14. The van der Waals surface area contributed by atoms with Crippen molar-refractivity contribution in [2.24, 2.45) is 0 Å². The summed E-state index contributed by atoms with van der Waals surface area (Å²) in [4.78, 5) is 38.1. The Kier molecular flexibility index (Phi) is 5.05. The zero-order chi connectivity index (χ0) is 21.4. The number of thiazole rings is 1. The average molecular weight is 453 g/mol. The minimum Gasteiger partial charge on any atom is -0.338 e. The van der Waals surface area contributed by atoms with Gasteiger partial charge in [-0.05, 0) is 30.3 Å². The van der Waals surface area contributed by atoms with Crippen LogP contribution in [0.15, 0.2) is 47.8 Å². The number of carbonyl (C=O) groups excluding carboxylic acids is 2. The van der Waals surface area contributed by atoms with Crippen LogP contribution in [0, 0.1) is 0 Å². The van der Waals surface area contributed by atoms with Crippen LogP contribution in [0.4, 0.5) is 15.6 Å². The van der Waals surface area contributed by atoms with E-state index in [4.69, 9.17) is 11.6 Å². The smallest absolute Gasteiger partial charge is 0.323 e. The van der Waals surface area contributed by atoms with Crippen molar-refractivity contribution in [2.75, 3.05) is 23.3 Å². The standard InChI is InChI=1S/C21H17ClN6O2S/c22-15-4-2-1-3-14(15)19-26-16-6-5-12(9-17(16)27-19)24-18(29)10-13-11-31-21(25-13)28-8-7-23-20(28)30/h1-6,9,11H,7-8,10H2,(H,23,30)(H,24,29)(H,26,27). The lowest BCUT2D eigenvalue weighted by Gasteiger charge is -2.08. The molecule has 156 valence electrons. The zero-order valence-electron chi connectivity index (χ0n) is 16.2. The molecule has 5 rings (SSSR count). The van der Waals surface area contributed by atoms with Gasteiger partial charge in [-0.25, -0.2) is 14.8 Å². The van der Waals surface area contributed by atoms with E-state index in [-0.39, 0.29) is 18.4 Å². The van der Waals surface area contributed by atoms with Gasteiger partial charge in [0.05, 0.1) is 28.2 Å². The molecular weight excluding hydrogens is 436 g/mol. The topological polar surface area (TPSA) is 103 Å². The minimum atomic E-state index is -0.187. The molecule has 3 heterocycles. The van der Waals surface area contributed by atoms with E-state index < -0.39 is 0 Å². The summed E-state index contributed by atoms with van der Waals surface area (Å²) < 4.78 is 0. The maximum atomic E-state index is 12.5. The molecule has 2 aromatic heterocycles. The number of nitrogens with zero attached hydrogens (tertiary/aromatic N) is 3. The summed E-state index contributed by atoms with van der Waals surface area (Å²) in [5.41, 5.74) is 3.67. The fourth-order valence-electron chi connectivity index (χ4n) is 3.39. The van der Waals surface area contributed by atoms with Crippen LogP contribution in [-0.4, -0.2) is 40.0 Å². The van der Waals surface area contributed by atoms with E-state index in [1.807, 2.05) is 36.4 Å². The van der Waals surface area contributed by atoms with Gasteiger partial charge in [0, 0.05) is 29.7 Å². The molecule has 0 bridgehead atoms. The normalized spacial score (nSPS) is 13.6. The average Bonchev–Trinajstić information content (AvgIpc) is 3.47. The van der Waals surface area contributed by atoms with Crippen LogP contribution in [0.3, 0.4) is 0 Å². The number of fused-ring (bicyclic) bond motifs is 1. The molecule has 1 aliphatic rings. The van der Waals surface area contributed by atoms with Crippen LogP contribution in [0.2, 0.25) is 5.02 Å². The number of anilines is 2. The number of carbonyl (C=O) groups is 2. The molecule has 0 spiro atoms. The maximum absolute atomic E-state index is 12.5. The fourth-order valence-corrected chi connectivity index (χ4v) is 4.47. The van der Waals surface area contributed by atoms with Crippen molar-refractivity contribution in [3.8, 4) is 11.4 Å². The highest BCUT2D eigenvalue weighted by Crippen LogP contribution is 2.28. The van der Waals surface area contributed by atoms with E-state index in [1.165, 1.54) is 11.3 Å². The first-order valence-electron chi connectivity index (χ1n) is 9.61. The molecular formula is C21H17ClN6O2S. The minimum absolute atomic E-state index is 0.123. The fraction of sp³-hybridized carbons (Fsp3) is 0.143. The van der Waals surface area contributed by atoms with Crippen molar-refractivity contribution in [1.82, 2.24) is 20.3 Å². The third kappa shape index (κ3) is 3.97. The quantitative estimate of drug-likeness (QED) is 0.425. The summed E-state index contributed by atoms with van der Waals surface area (Å²) >= 11 is 7.62. The Labute approximate surface area is 186 Å². The Hall–Kier alpha value is -3.43. The number of benzene rings is 2. The van der Waals surface area contributed by atoms with E-state index >= 15 is 0 Å². The highest BCUT2D eigenvalue weighted by Gasteiger charge is 2.24. The van der Waals surface area contributed by atoms with Crippen molar-refractivity contribution in [3.63, 3.8) is 0 Å². The first-order chi connectivity index (χ1) is 15.1. The summed E-state index contributed by atoms with van der Waals surface area (Å²) in [6.45, 7) is 1.18. The Morgan fingerprint density at radius 3 is 2.90 bits per heavy atom. The number of H-pyrrole nitrogens is 1. The van der Waals surface area contributed by atoms with Gasteiger partial charge in [0.2, 0.25) is 5.91 Å². The largest absolute Gasteiger partial charge is 0.338 e. The van der Waals surface area contributed by atoms with Gasteiger partial charge in [0.1, 0.15) is 5.82 Å². The molecule has 0 atom stereocenters. The second kappa shape index (κ2) is 8.01. The van der Waals surface area contributed by atoms with E-state index in [1.54, 1.807) is 16.3 Å². The number of aromatic nitrogens is 3. The molecule has 31 heavy (non-hydrogen) atoms. The van der Waals surface area contributed by atoms with Crippen LogP contribution in [-0.2, 0) is 11.2 Å². The van der Waals surface area contributed by atoms with Gasteiger partial charge >= 0.3 is 6.03 Å². The highest BCUT2D eigenvalue weighted by atomic mass is 35.5. The summed E-state index contributed by atoms with van der Waals surface area (Å²) in [7, 11) is 0. The van der Waals surface area contributed by atoms with E-state index in [9.17, 15) is 9.59 Å². The number of amides is 3. The lowest BCUT2D eigenvalue weighted by atomic mass is 10.2. The molecule has 4 aromatic rings. The number of aromatic amines is 1. The molecule has 0 radical (unpaired) electrons. The molecule has 3 amide bonds. The maximum Gasteiger partial charge on any atom is 0.323 e. The first-order valence-corrected chi connectivity index (χ1v) is 10.9. The zero-order valence-corrected chi connectivity index (χ0v) is 17.8. The molecule has 0 aliphatic carbocycles. The van der Waals surface area contributed by atoms with Gasteiger partial charge < -0.3 is 15.6 Å². The lowest BCUT2D eigenvalue weighted by Crippen LogP contribution is -2.27. The molecule has 2 aromatic carbocycles. The van der Waals surface area contributed by atoms with Crippen molar-refractivity contribution < 1.29 is 9.59 Å². The number of urea groups is 1. The first kappa shape index (κ1) is 19.5. The van der Waals surface area contributed by atoms with Gasteiger partial charge in [-0.15, -0.1) is 11.3 Å². The second-order valence-corrected chi connectivity index (χ2v) is 8.27. The number of halogens is 1. The molecule has 10 heteroatoms. The SMILES string of the molecule is O=C(Cc1csc(N2CCNC2=O)n1)Nc1ccc2nc(-c3ccccc3Cl)[nH]c2c1. The monoisotopic (exact) mass is 452 g/mol.